The maximum absolute atomic E-state index is 13.8. The SMILES string of the molecule is CCOP(=O)(CCS(=O)(=O)N(C)c1nc(-c2ccc(F)cc2)c(/C=C/[C@@H](O)C[C@@H](O)CC(O)O)c(C(C)C)n1)OCC. The van der Waals surface area contributed by atoms with Crippen molar-refractivity contribution in [3.63, 3.8) is 0 Å². The number of rotatable bonds is 17. The van der Waals surface area contributed by atoms with Gasteiger partial charge in [0.1, 0.15) is 5.82 Å². The Morgan fingerprint density at radius 3 is 2.14 bits per heavy atom. The first kappa shape index (κ1) is 35.9. The average Bonchev–Trinajstić information content (AvgIpc) is 2.90. The van der Waals surface area contributed by atoms with Crippen LogP contribution in [0, 0.1) is 5.82 Å². The monoisotopic (exact) mass is 633 g/mol. The van der Waals surface area contributed by atoms with Crippen molar-refractivity contribution in [2.75, 3.05) is 36.5 Å². The summed E-state index contributed by atoms with van der Waals surface area (Å²) in [4.78, 5) is 9.03. The van der Waals surface area contributed by atoms with Crippen LogP contribution in [0.3, 0.4) is 0 Å². The van der Waals surface area contributed by atoms with E-state index in [1.165, 1.54) is 43.5 Å². The molecule has 0 aliphatic carbocycles. The molecule has 0 aliphatic heterocycles. The van der Waals surface area contributed by atoms with Gasteiger partial charge in [0.05, 0.1) is 48.7 Å². The number of hydrogen-bond acceptors (Lipinski definition) is 11. The highest BCUT2D eigenvalue weighted by Crippen LogP contribution is 2.48. The van der Waals surface area contributed by atoms with Gasteiger partial charge in [-0.15, -0.1) is 0 Å². The van der Waals surface area contributed by atoms with Crippen molar-refractivity contribution in [1.82, 2.24) is 9.97 Å². The summed E-state index contributed by atoms with van der Waals surface area (Å²) >= 11 is 0. The Balaban J connectivity index is 2.57. The van der Waals surface area contributed by atoms with Crippen molar-refractivity contribution < 1.29 is 46.8 Å². The van der Waals surface area contributed by atoms with E-state index in [2.05, 4.69) is 9.97 Å². The van der Waals surface area contributed by atoms with Crippen molar-refractivity contribution in [2.24, 2.45) is 0 Å². The van der Waals surface area contributed by atoms with Gasteiger partial charge in [-0.25, -0.2) is 27.1 Å². The fourth-order valence-corrected chi connectivity index (χ4v) is 7.54. The number of hydrogen-bond donors (Lipinski definition) is 4. The Labute approximate surface area is 246 Å². The van der Waals surface area contributed by atoms with Gasteiger partial charge in [-0.05, 0) is 44.0 Å². The van der Waals surface area contributed by atoms with Gasteiger partial charge < -0.3 is 29.5 Å². The van der Waals surface area contributed by atoms with Crippen LogP contribution in [0.5, 0.6) is 0 Å². The molecular weight excluding hydrogens is 592 g/mol. The zero-order valence-electron chi connectivity index (χ0n) is 24.4. The van der Waals surface area contributed by atoms with Crippen LogP contribution in [0.4, 0.5) is 10.3 Å². The van der Waals surface area contributed by atoms with Crippen LogP contribution >= 0.6 is 7.60 Å². The van der Waals surface area contributed by atoms with Crippen LogP contribution in [-0.4, -0.2) is 89.5 Å². The summed E-state index contributed by atoms with van der Waals surface area (Å²) < 4.78 is 64.5. The molecular formula is C27H41FN3O9PS. The third kappa shape index (κ3) is 10.5. The Hall–Kier alpha value is -2.29. The molecule has 0 fully saturated rings. The minimum atomic E-state index is -4.10. The van der Waals surface area contributed by atoms with Crippen molar-refractivity contribution in [1.29, 1.82) is 0 Å². The lowest BCUT2D eigenvalue weighted by Gasteiger charge is -2.23. The Bertz CT molecular complexity index is 1330. The molecule has 0 aliphatic rings. The van der Waals surface area contributed by atoms with E-state index in [9.17, 15) is 27.6 Å². The molecule has 0 bridgehead atoms. The Morgan fingerprint density at radius 2 is 1.62 bits per heavy atom. The lowest BCUT2D eigenvalue weighted by Crippen LogP contribution is -2.32. The fraction of sp³-hybridized carbons (Fsp3) is 0.556. The number of aliphatic hydroxyl groups is 4. The number of sulfonamides is 1. The quantitative estimate of drug-likeness (QED) is 0.148. The van der Waals surface area contributed by atoms with Gasteiger partial charge in [-0.2, -0.15) is 0 Å². The number of aromatic nitrogens is 2. The lowest BCUT2D eigenvalue weighted by atomic mass is 9.97. The van der Waals surface area contributed by atoms with E-state index in [0.29, 0.717) is 16.8 Å². The van der Waals surface area contributed by atoms with Gasteiger partial charge in [-0.1, -0.05) is 26.0 Å². The topological polar surface area (TPSA) is 180 Å². The zero-order valence-corrected chi connectivity index (χ0v) is 26.1. The van der Waals surface area contributed by atoms with Crippen LogP contribution in [0.15, 0.2) is 30.3 Å². The minimum Gasteiger partial charge on any atom is -0.393 e. The largest absolute Gasteiger partial charge is 0.393 e. The van der Waals surface area contributed by atoms with Crippen LogP contribution in [0.2, 0.25) is 0 Å². The van der Waals surface area contributed by atoms with E-state index >= 15 is 0 Å². The van der Waals surface area contributed by atoms with Gasteiger partial charge in [0.15, 0.2) is 6.29 Å². The maximum atomic E-state index is 13.8. The molecule has 0 amide bonds. The van der Waals surface area contributed by atoms with Gasteiger partial charge in [0.2, 0.25) is 16.0 Å². The second-order valence-electron chi connectivity index (χ2n) is 9.82. The summed E-state index contributed by atoms with van der Waals surface area (Å²) in [7, 11) is -6.47. The van der Waals surface area contributed by atoms with E-state index in [1.807, 2.05) is 13.8 Å². The summed E-state index contributed by atoms with van der Waals surface area (Å²) in [6.07, 6.45) is -2.06. The highest BCUT2D eigenvalue weighted by molar-refractivity contribution is 7.93. The second-order valence-corrected chi connectivity index (χ2v) is 14.1. The molecule has 0 saturated carbocycles. The first-order valence-corrected chi connectivity index (χ1v) is 16.9. The first-order chi connectivity index (χ1) is 19.6. The van der Waals surface area contributed by atoms with Crippen molar-refractivity contribution >= 4 is 29.6 Å². The molecule has 2 aromatic rings. The molecule has 12 nitrogen and oxygen atoms in total. The van der Waals surface area contributed by atoms with E-state index in [0.717, 1.165) is 4.31 Å². The Kier molecular flexibility index (Phi) is 13.7. The molecule has 1 heterocycles. The fourth-order valence-electron chi connectivity index (χ4n) is 4.00. The lowest BCUT2D eigenvalue weighted by molar-refractivity contribution is -0.0739. The van der Waals surface area contributed by atoms with Crippen LogP contribution in [0.25, 0.3) is 17.3 Å². The highest BCUT2D eigenvalue weighted by Gasteiger charge is 2.31. The van der Waals surface area contributed by atoms with Gasteiger partial charge >= 0.3 is 7.60 Å². The molecule has 1 aromatic heterocycles. The number of anilines is 1. The standard InChI is InChI=1S/C27H41FN3O9PS/c1-6-39-41(36,40-7-2)14-15-42(37,38)31(5)27-29-25(18(3)4)23(13-12-21(32)16-22(33)17-24(34)35)26(30-27)19-8-10-20(28)11-9-19/h8-13,18,21-22,24,32-35H,6-7,14-17H2,1-5H3/b13-12+/t21-,22-/m1/s1. The summed E-state index contributed by atoms with van der Waals surface area (Å²) in [5.74, 6) is -1.49. The number of halogens is 1. The van der Waals surface area contributed by atoms with Crippen LogP contribution in [0.1, 0.15) is 57.7 Å². The van der Waals surface area contributed by atoms with Crippen LogP contribution in [-0.2, 0) is 23.6 Å². The normalized spacial score (nSPS) is 14.2. The molecule has 4 N–H and O–H groups in total. The molecule has 2 rings (SSSR count). The highest BCUT2D eigenvalue weighted by atomic mass is 32.2. The number of aliphatic hydroxyl groups excluding tert-OH is 3. The minimum absolute atomic E-state index is 0.0844. The van der Waals surface area contributed by atoms with Gasteiger partial charge in [0.25, 0.3) is 0 Å². The molecule has 236 valence electrons. The first-order valence-electron chi connectivity index (χ1n) is 13.6. The smallest absolute Gasteiger partial charge is 0.331 e. The maximum Gasteiger partial charge on any atom is 0.331 e. The zero-order chi connectivity index (χ0) is 31.7. The number of benzene rings is 1. The number of nitrogens with zero attached hydrogens (tertiary/aromatic N) is 3. The van der Waals surface area contributed by atoms with E-state index < -0.39 is 47.7 Å². The van der Waals surface area contributed by atoms with E-state index in [-0.39, 0.29) is 49.8 Å². The summed E-state index contributed by atoms with van der Waals surface area (Å²) in [6.45, 7) is 7.08. The molecule has 0 spiro atoms. The van der Waals surface area contributed by atoms with E-state index in [1.54, 1.807) is 13.8 Å². The average molecular weight is 634 g/mol. The van der Waals surface area contributed by atoms with Crippen molar-refractivity contribution in [2.45, 2.75) is 65.0 Å². The van der Waals surface area contributed by atoms with Gasteiger partial charge in [0, 0.05) is 31.0 Å². The molecule has 1 aromatic carbocycles. The van der Waals surface area contributed by atoms with E-state index in [4.69, 9.17) is 19.3 Å². The van der Waals surface area contributed by atoms with Crippen LogP contribution < -0.4 is 4.31 Å². The summed E-state index contributed by atoms with van der Waals surface area (Å²) in [6, 6.07) is 5.40. The summed E-state index contributed by atoms with van der Waals surface area (Å²) in [5.41, 5.74) is 1.56. The third-order valence-corrected chi connectivity index (χ3v) is 10.2. The molecule has 42 heavy (non-hydrogen) atoms. The predicted molar refractivity (Wildman–Crippen MR) is 158 cm³/mol. The molecule has 15 heteroatoms. The molecule has 0 unspecified atom stereocenters. The Morgan fingerprint density at radius 1 is 1.02 bits per heavy atom. The van der Waals surface area contributed by atoms with Gasteiger partial charge in [-0.3, -0.25) is 4.57 Å². The molecule has 0 radical (unpaired) electrons. The molecule has 0 saturated heterocycles. The predicted octanol–water partition coefficient (Wildman–Crippen LogP) is 3.26. The second kappa shape index (κ2) is 16.0. The molecule has 2 atom stereocenters. The third-order valence-electron chi connectivity index (χ3n) is 6.08. The van der Waals surface area contributed by atoms with Crippen molar-refractivity contribution in [3.05, 3.63) is 47.4 Å². The summed E-state index contributed by atoms with van der Waals surface area (Å²) in [5, 5.41) is 38.5. The van der Waals surface area contributed by atoms with Crippen molar-refractivity contribution in [3.8, 4) is 11.3 Å².